The van der Waals surface area contributed by atoms with Crippen LogP contribution in [0, 0.1) is 0 Å². The van der Waals surface area contributed by atoms with E-state index in [0.717, 1.165) is 23.9 Å². The van der Waals surface area contributed by atoms with Crippen LogP contribution in [0.5, 0.6) is 5.75 Å². The summed E-state index contributed by atoms with van der Waals surface area (Å²) < 4.78 is 9.90. The molecule has 0 aliphatic carbocycles. The Bertz CT molecular complexity index is 954. The Kier molecular flexibility index (Phi) is 6.05. The molecule has 0 spiro atoms. The van der Waals surface area contributed by atoms with Crippen molar-refractivity contribution in [2.45, 2.75) is 19.3 Å². The second-order valence-electron chi connectivity index (χ2n) is 6.11. The number of ether oxygens (including phenoxy) is 2. The standard InChI is InChI=1S/C22H21NO4/c1-26-21(24)14-11-16-9-12-18(13-10-16)27-22(25)8-4-5-17-15-23-20-7-3-2-6-19(17)20/h2-3,6-7,9-15,23H,4-5,8H2,1H3. The highest BCUT2D eigenvalue weighted by Crippen LogP contribution is 2.20. The molecule has 5 heteroatoms. The number of methoxy groups -OCH3 is 1. The van der Waals surface area contributed by atoms with Crippen LogP contribution < -0.4 is 4.74 Å². The fourth-order valence-corrected chi connectivity index (χ4v) is 2.82. The Labute approximate surface area is 157 Å². The lowest BCUT2D eigenvalue weighted by Gasteiger charge is -2.05. The first-order valence-corrected chi connectivity index (χ1v) is 8.77. The SMILES string of the molecule is COC(=O)C=Cc1ccc(OC(=O)CCCc2c[nH]c3ccccc23)cc1. The molecule has 138 valence electrons. The minimum Gasteiger partial charge on any atom is -0.466 e. The number of aromatic nitrogens is 1. The van der Waals surface area contributed by atoms with Gasteiger partial charge in [-0.1, -0.05) is 30.3 Å². The van der Waals surface area contributed by atoms with Gasteiger partial charge in [0.25, 0.3) is 0 Å². The normalized spacial score (nSPS) is 11.0. The average Bonchev–Trinajstić information content (AvgIpc) is 3.10. The van der Waals surface area contributed by atoms with Crippen LogP contribution in [0.2, 0.25) is 0 Å². The highest BCUT2D eigenvalue weighted by molar-refractivity contribution is 5.87. The van der Waals surface area contributed by atoms with Gasteiger partial charge < -0.3 is 14.5 Å². The lowest BCUT2D eigenvalue weighted by atomic mass is 10.1. The summed E-state index contributed by atoms with van der Waals surface area (Å²) in [5, 5.41) is 1.20. The zero-order chi connectivity index (χ0) is 19.1. The maximum Gasteiger partial charge on any atom is 0.330 e. The number of H-pyrrole nitrogens is 1. The van der Waals surface area contributed by atoms with Crippen LogP contribution in [-0.4, -0.2) is 24.0 Å². The second-order valence-corrected chi connectivity index (χ2v) is 6.11. The molecule has 1 heterocycles. The first-order valence-electron chi connectivity index (χ1n) is 8.77. The lowest BCUT2D eigenvalue weighted by Crippen LogP contribution is -2.08. The van der Waals surface area contributed by atoms with Crippen LogP contribution in [0.3, 0.4) is 0 Å². The zero-order valence-corrected chi connectivity index (χ0v) is 15.1. The molecule has 27 heavy (non-hydrogen) atoms. The number of aryl methyl sites for hydroxylation is 1. The summed E-state index contributed by atoms with van der Waals surface area (Å²) in [4.78, 5) is 26.4. The van der Waals surface area contributed by atoms with E-state index in [9.17, 15) is 9.59 Å². The van der Waals surface area contributed by atoms with E-state index < -0.39 is 5.97 Å². The summed E-state index contributed by atoms with van der Waals surface area (Å²) in [5.41, 5.74) is 3.14. The number of para-hydroxylation sites is 1. The third-order valence-corrected chi connectivity index (χ3v) is 4.23. The largest absolute Gasteiger partial charge is 0.466 e. The Morgan fingerprint density at radius 3 is 2.63 bits per heavy atom. The van der Waals surface area contributed by atoms with Crippen molar-refractivity contribution in [1.82, 2.24) is 4.98 Å². The van der Waals surface area contributed by atoms with Gasteiger partial charge in [0.2, 0.25) is 0 Å². The van der Waals surface area contributed by atoms with Crippen molar-refractivity contribution in [2.24, 2.45) is 0 Å². The van der Waals surface area contributed by atoms with Crippen LogP contribution in [0.15, 0.2) is 60.8 Å². The Morgan fingerprint density at radius 1 is 1.07 bits per heavy atom. The lowest BCUT2D eigenvalue weighted by molar-refractivity contribution is -0.135. The van der Waals surface area contributed by atoms with Gasteiger partial charge in [-0.05, 0) is 48.2 Å². The van der Waals surface area contributed by atoms with E-state index in [2.05, 4.69) is 15.8 Å². The molecule has 0 saturated carbocycles. The Balaban J connectivity index is 1.48. The summed E-state index contributed by atoms with van der Waals surface area (Å²) in [5.74, 6) is -0.185. The van der Waals surface area contributed by atoms with E-state index in [4.69, 9.17) is 4.74 Å². The van der Waals surface area contributed by atoms with Gasteiger partial charge in [0, 0.05) is 29.6 Å². The van der Waals surface area contributed by atoms with Crippen molar-refractivity contribution in [3.05, 3.63) is 71.9 Å². The molecule has 0 aliphatic rings. The first-order chi connectivity index (χ1) is 13.2. The molecule has 3 aromatic rings. The van der Waals surface area contributed by atoms with Gasteiger partial charge in [0.05, 0.1) is 7.11 Å². The fourth-order valence-electron chi connectivity index (χ4n) is 2.82. The van der Waals surface area contributed by atoms with Gasteiger partial charge in [0.15, 0.2) is 0 Å². The Hall–Kier alpha value is -3.34. The number of rotatable bonds is 7. The van der Waals surface area contributed by atoms with E-state index in [1.165, 1.54) is 24.1 Å². The molecular weight excluding hydrogens is 342 g/mol. The van der Waals surface area contributed by atoms with Crippen molar-refractivity contribution in [1.29, 1.82) is 0 Å². The van der Waals surface area contributed by atoms with E-state index in [1.54, 1.807) is 30.3 Å². The predicted molar refractivity (Wildman–Crippen MR) is 104 cm³/mol. The third-order valence-electron chi connectivity index (χ3n) is 4.23. The van der Waals surface area contributed by atoms with Crippen LogP contribution >= 0.6 is 0 Å². The van der Waals surface area contributed by atoms with Gasteiger partial charge in [-0.25, -0.2) is 4.79 Å². The van der Waals surface area contributed by atoms with E-state index >= 15 is 0 Å². The molecular formula is C22H21NO4. The minimum absolute atomic E-state index is 0.257. The van der Waals surface area contributed by atoms with Crippen LogP contribution in [0.4, 0.5) is 0 Å². The number of hydrogen-bond donors (Lipinski definition) is 1. The van der Waals surface area contributed by atoms with Crippen molar-refractivity contribution < 1.29 is 19.1 Å². The molecule has 0 unspecified atom stereocenters. The van der Waals surface area contributed by atoms with Crippen molar-refractivity contribution in [2.75, 3.05) is 7.11 Å². The topological polar surface area (TPSA) is 68.4 Å². The molecule has 0 amide bonds. The van der Waals surface area contributed by atoms with E-state index in [0.29, 0.717) is 12.2 Å². The molecule has 1 N–H and O–H groups in total. The maximum atomic E-state index is 12.0. The molecule has 2 aromatic carbocycles. The molecule has 3 rings (SSSR count). The highest BCUT2D eigenvalue weighted by Gasteiger charge is 2.07. The Morgan fingerprint density at radius 2 is 1.85 bits per heavy atom. The van der Waals surface area contributed by atoms with Crippen LogP contribution in [-0.2, 0) is 20.7 Å². The van der Waals surface area contributed by atoms with Gasteiger partial charge in [-0.2, -0.15) is 0 Å². The molecule has 0 bridgehead atoms. The van der Waals surface area contributed by atoms with Gasteiger partial charge in [-0.3, -0.25) is 4.79 Å². The number of aromatic amines is 1. The van der Waals surface area contributed by atoms with Crippen LogP contribution in [0.1, 0.15) is 24.0 Å². The molecule has 0 radical (unpaired) electrons. The number of fused-ring (bicyclic) bond motifs is 1. The number of esters is 2. The fraction of sp³-hybridized carbons (Fsp3) is 0.182. The van der Waals surface area contributed by atoms with Crippen molar-refractivity contribution >= 4 is 28.9 Å². The number of carbonyl (C=O) groups is 2. The van der Waals surface area contributed by atoms with Gasteiger partial charge in [0.1, 0.15) is 5.75 Å². The zero-order valence-electron chi connectivity index (χ0n) is 15.1. The van der Waals surface area contributed by atoms with Crippen LogP contribution in [0.25, 0.3) is 17.0 Å². The second kappa shape index (κ2) is 8.85. The average molecular weight is 363 g/mol. The minimum atomic E-state index is -0.416. The molecule has 0 fully saturated rings. The number of benzene rings is 2. The first kappa shape index (κ1) is 18.5. The monoisotopic (exact) mass is 363 g/mol. The summed E-state index contributed by atoms with van der Waals surface area (Å²) in [7, 11) is 1.33. The molecule has 0 saturated heterocycles. The van der Waals surface area contributed by atoms with Gasteiger partial charge >= 0.3 is 11.9 Å². The molecule has 5 nitrogen and oxygen atoms in total. The number of carbonyl (C=O) groups excluding carboxylic acids is 2. The molecule has 1 aromatic heterocycles. The number of nitrogens with one attached hydrogen (secondary N) is 1. The van der Waals surface area contributed by atoms with E-state index in [1.807, 2.05) is 24.4 Å². The summed E-state index contributed by atoms with van der Waals surface area (Å²) in [6, 6.07) is 15.1. The maximum absolute atomic E-state index is 12.0. The molecule has 0 atom stereocenters. The third kappa shape index (κ3) is 5.07. The summed E-state index contributed by atoms with van der Waals surface area (Å²) in [6.07, 6.45) is 6.86. The summed E-state index contributed by atoms with van der Waals surface area (Å²) in [6.45, 7) is 0. The summed E-state index contributed by atoms with van der Waals surface area (Å²) >= 11 is 0. The smallest absolute Gasteiger partial charge is 0.330 e. The van der Waals surface area contributed by atoms with Crippen molar-refractivity contribution in [3.8, 4) is 5.75 Å². The predicted octanol–water partition coefficient (Wildman–Crippen LogP) is 4.28. The number of hydrogen-bond acceptors (Lipinski definition) is 4. The van der Waals surface area contributed by atoms with Crippen molar-refractivity contribution in [3.63, 3.8) is 0 Å². The highest BCUT2D eigenvalue weighted by atomic mass is 16.5. The van der Waals surface area contributed by atoms with Gasteiger partial charge in [-0.15, -0.1) is 0 Å². The quantitative estimate of drug-likeness (QED) is 0.386. The molecule has 0 aliphatic heterocycles. The van der Waals surface area contributed by atoms with E-state index in [-0.39, 0.29) is 5.97 Å².